The molecule has 0 radical (unpaired) electrons. The van der Waals surface area contributed by atoms with E-state index < -0.39 is 0 Å². The van der Waals surface area contributed by atoms with Crippen LogP contribution in [0, 0.1) is 25.2 Å². The van der Waals surface area contributed by atoms with Crippen LogP contribution < -0.4 is 4.90 Å². The molecule has 0 N–H and O–H groups in total. The molecule has 84 valence electrons. The molecule has 0 aromatic heterocycles. The summed E-state index contributed by atoms with van der Waals surface area (Å²) in [7, 11) is 0. The number of rotatable bonds is 1. The lowest BCUT2D eigenvalue weighted by Crippen LogP contribution is -2.34. The van der Waals surface area contributed by atoms with E-state index in [1.165, 1.54) is 37.2 Å². The Morgan fingerprint density at radius 1 is 1.44 bits per heavy atom. The summed E-state index contributed by atoms with van der Waals surface area (Å²) in [5.74, 6) is 3.52. The number of benzene rings is 1. The van der Waals surface area contributed by atoms with Gasteiger partial charge in [0, 0.05) is 24.3 Å². The SMILES string of the molecule is C#Cc1ccc(N2CCCC(C)C2)cc1C. The first-order valence-corrected chi connectivity index (χ1v) is 6.03. The van der Waals surface area contributed by atoms with Crippen LogP contribution in [-0.2, 0) is 0 Å². The molecule has 0 spiro atoms. The summed E-state index contributed by atoms with van der Waals surface area (Å²) in [5.41, 5.74) is 3.54. The van der Waals surface area contributed by atoms with Crippen molar-refractivity contribution in [2.45, 2.75) is 26.7 Å². The second-order valence-corrected chi connectivity index (χ2v) is 4.84. The van der Waals surface area contributed by atoms with Crippen molar-refractivity contribution in [3.63, 3.8) is 0 Å². The van der Waals surface area contributed by atoms with E-state index >= 15 is 0 Å². The zero-order valence-electron chi connectivity index (χ0n) is 10.2. The minimum Gasteiger partial charge on any atom is -0.371 e. The average molecular weight is 213 g/mol. The van der Waals surface area contributed by atoms with E-state index in [-0.39, 0.29) is 0 Å². The highest BCUT2D eigenvalue weighted by atomic mass is 15.1. The molecular weight excluding hydrogens is 194 g/mol. The van der Waals surface area contributed by atoms with Gasteiger partial charge in [-0.1, -0.05) is 12.8 Å². The standard InChI is InChI=1S/C15H19N/c1-4-14-7-8-15(10-13(14)3)16-9-5-6-12(2)11-16/h1,7-8,10,12H,5-6,9,11H2,2-3H3. The lowest BCUT2D eigenvalue weighted by atomic mass is 9.99. The van der Waals surface area contributed by atoms with Gasteiger partial charge in [0.15, 0.2) is 0 Å². The van der Waals surface area contributed by atoms with E-state index in [4.69, 9.17) is 6.42 Å². The molecule has 1 aliphatic rings. The fourth-order valence-electron chi connectivity index (χ4n) is 2.43. The van der Waals surface area contributed by atoms with Gasteiger partial charge in [0.2, 0.25) is 0 Å². The third kappa shape index (κ3) is 2.22. The third-order valence-electron chi connectivity index (χ3n) is 3.39. The van der Waals surface area contributed by atoms with Crippen molar-refractivity contribution in [3.8, 4) is 12.3 Å². The van der Waals surface area contributed by atoms with Crippen molar-refractivity contribution >= 4 is 5.69 Å². The summed E-state index contributed by atoms with van der Waals surface area (Å²) in [6, 6.07) is 6.43. The first-order chi connectivity index (χ1) is 7.70. The molecule has 1 aliphatic heterocycles. The highest BCUT2D eigenvalue weighted by molar-refractivity contribution is 5.54. The van der Waals surface area contributed by atoms with Gasteiger partial charge in [-0.25, -0.2) is 0 Å². The summed E-state index contributed by atoms with van der Waals surface area (Å²) in [5, 5.41) is 0. The molecule has 1 heterocycles. The van der Waals surface area contributed by atoms with Gasteiger partial charge in [0.05, 0.1) is 0 Å². The Hall–Kier alpha value is -1.42. The molecule has 1 saturated heterocycles. The summed E-state index contributed by atoms with van der Waals surface area (Å²) in [6.07, 6.45) is 8.10. The molecule has 1 unspecified atom stereocenters. The van der Waals surface area contributed by atoms with Gasteiger partial charge in [0.1, 0.15) is 0 Å². The molecule has 0 amide bonds. The van der Waals surface area contributed by atoms with Crippen LogP contribution in [0.2, 0.25) is 0 Å². The number of hydrogen-bond acceptors (Lipinski definition) is 1. The summed E-state index contributed by atoms with van der Waals surface area (Å²) in [6.45, 7) is 6.77. The summed E-state index contributed by atoms with van der Waals surface area (Å²) in [4.78, 5) is 2.47. The van der Waals surface area contributed by atoms with E-state index in [0.29, 0.717) is 0 Å². The molecule has 1 aromatic rings. The van der Waals surface area contributed by atoms with E-state index in [9.17, 15) is 0 Å². The van der Waals surface area contributed by atoms with Gasteiger partial charge >= 0.3 is 0 Å². The van der Waals surface area contributed by atoms with Crippen LogP contribution in [0.1, 0.15) is 30.9 Å². The Morgan fingerprint density at radius 3 is 2.88 bits per heavy atom. The first kappa shape index (κ1) is 11.1. The number of hydrogen-bond donors (Lipinski definition) is 0. The molecule has 1 aromatic carbocycles. The maximum Gasteiger partial charge on any atom is 0.0369 e. The normalized spacial score (nSPS) is 20.6. The summed E-state index contributed by atoms with van der Waals surface area (Å²) >= 11 is 0. The van der Waals surface area contributed by atoms with Crippen molar-refractivity contribution in [3.05, 3.63) is 29.3 Å². The van der Waals surface area contributed by atoms with Crippen molar-refractivity contribution in [2.75, 3.05) is 18.0 Å². The molecule has 16 heavy (non-hydrogen) atoms. The van der Waals surface area contributed by atoms with E-state index in [1.807, 2.05) is 0 Å². The Balaban J connectivity index is 2.21. The zero-order chi connectivity index (χ0) is 11.5. The molecule has 0 saturated carbocycles. The Labute approximate surface area is 98.5 Å². The fourth-order valence-corrected chi connectivity index (χ4v) is 2.43. The largest absolute Gasteiger partial charge is 0.371 e. The van der Waals surface area contributed by atoms with Crippen molar-refractivity contribution in [1.82, 2.24) is 0 Å². The highest BCUT2D eigenvalue weighted by Crippen LogP contribution is 2.24. The van der Waals surface area contributed by atoms with Crippen molar-refractivity contribution in [1.29, 1.82) is 0 Å². The van der Waals surface area contributed by atoms with Gasteiger partial charge in [0.25, 0.3) is 0 Å². The molecule has 0 bridgehead atoms. The Morgan fingerprint density at radius 2 is 2.25 bits per heavy atom. The zero-order valence-corrected chi connectivity index (χ0v) is 10.2. The number of nitrogens with zero attached hydrogens (tertiary/aromatic N) is 1. The van der Waals surface area contributed by atoms with Gasteiger partial charge in [-0.3, -0.25) is 0 Å². The molecular formula is C15H19N. The monoisotopic (exact) mass is 213 g/mol. The topological polar surface area (TPSA) is 3.24 Å². The Kier molecular flexibility index (Phi) is 3.19. The van der Waals surface area contributed by atoms with Crippen LogP contribution in [0.3, 0.4) is 0 Å². The second kappa shape index (κ2) is 4.61. The van der Waals surface area contributed by atoms with Crippen molar-refractivity contribution < 1.29 is 0 Å². The molecule has 0 aliphatic carbocycles. The molecule has 1 fully saturated rings. The molecule has 1 heteroatoms. The minimum absolute atomic E-state index is 0.807. The average Bonchev–Trinajstić information content (AvgIpc) is 2.29. The van der Waals surface area contributed by atoms with Crippen molar-refractivity contribution in [2.24, 2.45) is 5.92 Å². The van der Waals surface area contributed by atoms with Crippen LogP contribution in [0.15, 0.2) is 18.2 Å². The quantitative estimate of drug-likeness (QED) is 0.647. The van der Waals surface area contributed by atoms with Gasteiger partial charge in [-0.05, 0) is 49.4 Å². The predicted molar refractivity (Wildman–Crippen MR) is 69.7 cm³/mol. The van der Waals surface area contributed by atoms with Gasteiger partial charge < -0.3 is 4.90 Å². The lowest BCUT2D eigenvalue weighted by molar-refractivity contribution is 0.447. The molecule has 2 rings (SSSR count). The van der Waals surface area contributed by atoms with Gasteiger partial charge in [-0.2, -0.15) is 0 Å². The molecule has 1 nitrogen and oxygen atoms in total. The maximum atomic E-state index is 5.44. The van der Waals surface area contributed by atoms with E-state index in [2.05, 4.69) is 42.9 Å². The maximum absolute atomic E-state index is 5.44. The number of anilines is 1. The van der Waals surface area contributed by atoms with Crippen LogP contribution in [-0.4, -0.2) is 13.1 Å². The first-order valence-electron chi connectivity index (χ1n) is 6.03. The van der Waals surface area contributed by atoms with Crippen LogP contribution in [0.4, 0.5) is 5.69 Å². The third-order valence-corrected chi connectivity index (χ3v) is 3.39. The smallest absolute Gasteiger partial charge is 0.0369 e. The number of terminal acetylenes is 1. The minimum atomic E-state index is 0.807. The number of aryl methyl sites for hydroxylation is 1. The Bertz CT molecular complexity index is 414. The number of piperidine rings is 1. The highest BCUT2D eigenvalue weighted by Gasteiger charge is 2.16. The van der Waals surface area contributed by atoms with E-state index in [0.717, 1.165) is 11.5 Å². The van der Waals surface area contributed by atoms with Gasteiger partial charge in [-0.15, -0.1) is 6.42 Å². The predicted octanol–water partition coefficient (Wildman–Crippen LogP) is 3.21. The summed E-state index contributed by atoms with van der Waals surface area (Å²) < 4.78 is 0. The lowest BCUT2D eigenvalue weighted by Gasteiger charge is -2.33. The fraction of sp³-hybridized carbons (Fsp3) is 0.467. The van der Waals surface area contributed by atoms with Crippen LogP contribution in [0.5, 0.6) is 0 Å². The van der Waals surface area contributed by atoms with Crippen LogP contribution >= 0.6 is 0 Å². The van der Waals surface area contributed by atoms with E-state index in [1.54, 1.807) is 0 Å². The van der Waals surface area contributed by atoms with Crippen LogP contribution in [0.25, 0.3) is 0 Å². The second-order valence-electron chi connectivity index (χ2n) is 4.84. The molecule has 1 atom stereocenters.